The smallest absolute Gasteiger partial charge is 0.264 e. The second-order valence-corrected chi connectivity index (χ2v) is 7.44. The van der Waals surface area contributed by atoms with E-state index in [2.05, 4.69) is 4.98 Å². The van der Waals surface area contributed by atoms with Crippen LogP contribution >= 0.6 is 0 Å². The summed E-state index contributed by atoms with van der Waals surface area (Å²) in [5, 5.41) is 0.843. The molecule has 22 heavy (non-hydrogen) atoms. The highest BCUT2D eigenvalue weighted by atomic mass is 32.2. The van der Waals surface area contributed by atoms with Crippen molar-refractivity contribution in [1.29, 1.82) is 0 Å². The molecule has 0 N–H and O–H groups in total. The molecule has 1 aromatic heterocycles. The summed E-state index contributed by atoms with van der Waals surface area (Å²) in [5.74, 6) is 0.0163. The molecule has 1 aliphatic carbocycles. The zero-order chi connectivity index (χ0) is 15.7. The van der Waals surface area contributed by atoms with Crippen molar-refractivity contribution in [2.75, 3.05) is 6.26 Å². The first kappa shape index (κ1) is 15.4. The second kappa shape index (κ2) is 5.93. The van der Waals surface area contributed by atoms with Crippen molar-refractivity contribution in [3.63, 3.8) is 0 Å². The molecule has 1 saturated carbocycles. The van der Waals surface area contributed by atoms with E-state index in [0.29, 0.717) is 12.8 Å². The highest BCUT2D eigenvalue weighted by Crippen LogP contribution is 2.37. The van der Waals surface area contributed by atoms with Crippen LogP contribution in [0, 0.1) is 5.82 Å². The van der Waals surface area contributed by atoms with Crippen molar-refractivity contribution in [2.45, 2.75) is 37.7 Å². The van der Waals surface area contributed by atoms with Gasteiger partial charge in [0.15, 0.2) is 0 Å². The minimum absolute atomic E-state index is 0.240. The molecule has 0 saturated heterocycles. The summed E-state index contributed by atoms with van der Waals surface area (Å²) in [6.07, 6.45) is 5.63. The van der Waals surface area contributed by atoms with Crippen LogP contribution in [0.5, 0.6) is 0 Å². The van der Waals surface area contributed by atoms with Gasteiger partial charge in [0, 0.05) is 11.6 Å². The zero-order valence-corrected chi connectivity index (χ0v) is 13.1. The lowest BCUT2D eigenvalue weighted by Gasteiger charge is -2.28. The van der Waals surface area contributed by atoms with Crippen LogP contribution in [0.3, 0.4) is 0 Å². The highest BCUT2D eigenvalue weighted by Gasteiger charge is 2.26. The first-order valence-electron chi connectivity index (χ1n) is 7.35. The Labute approximate surface area is 129 Å². The third-order valence-corrected chi connectivity index (χ3v) is 4.78. The van der Waals surface area contributed by atoms with E-state index < -0.39 is 10.1 Å². The van der Waals surface area contributed by atoms with E-state index in [1.807, 2.05) is 6.07 Å². The molecular formula is C16H18FNO3S. The molecular weight excluding hydrogens is 305 g/mol. The second-order valence-electron chi connectivity index (χ2n) is 5.84. The molecule has 0 atom stereocenters. The fourth-order valence-corrected chi connectivity index (χ4v) is 3.90. The molecule has 0 amide bonds. The van der Waals surface area contributed by atoms with E-state index in [4.69, 9.17) is 4.18 Å². The third-order valence-electron chi connectivity index (χ3n) is 4.16. The molecule has 1 aromatic carbocycles. The summed E-state index contributed by atoms with van der Waals surface area (Å²) >= 11 is 0. The average molecular weight is 323 g/mol. The Bertz CT molecular complexity index is 783. The van der Waals surface area contributed by atoms with Gasteiger partial charge in [0.25, 0.3) is 10.1 Å². The van der Waals surface area contributed by atoms with Crippen LogP contribution in [0.25, 0.3) is 10.9 Å². The van der Waals surface area contributed by atoms with Gasteiger partial charge in [-0.1, -0.05) is 0 Å². The Morgan fingerprint density at radius 2 is 1.91 bits per heavy atom. The number of aromatic nitrogens is 1. The van der Waals surface area contributed by atoms with Crippen molar-refractivity contribution in [3.05, 3.63) is 41.8 Å². The number of rotatable bonds is 3. The Balaban J connectivity index is 1.81. The van der Waals surface area contributed by atoms with E-state index >= 15 is 0 Å². The molecule has 0 bridgehead atoms. The number of halogens is 1. The average Bonchev–Trinajstić information content (AvgIpc) is 2.46. The normalized spacial score (nSPS) is 22.8. The Morgan fingerprint density at radius 3 is 2.59 bits per heavy atom. The standard InChI is InChI=1S/C16H18FNO3S/c1-22(19,20)21-13-5-2-11(3-6-13)14-8-9-18-16-7-4-12(17)10-15(14)16/h4,7-11,13H,2-3,5-6H2,1H3. The summed E-state index contributed by atoms with van der Waals surface area (Å²) in [6, 6.07) is 6.56. The van der Waals surface area contributed by atoms with Crippen LogP contribution in [0.15, 0.2) is 30.5 Å². The molecule has 1 fully saturated rings. The quantitative estimate of drug-likeness (QED) is 0.813. The fraction of sp³-hybridized carbons (Fsp3) is 0.438. The zero-order valence-electron chi connectivity index (χ0n) is 12.3. The van der Waals surface area contributed by atoms with E-state index in [1.165, 1.54) is 12.1 Å². The van der Waals surface area contributed by atoms with Gasteiger partial charge in [0.1, 0.15) is 5.82 Å². The molecule has 2 aromatic rings. The number of fused-ring (bicyclic) bond motifs is 1. The maximum Gasteiger partial charge on any atom is 0.264 e. The van der Waals surface area contributed by atoms with Gasteiger partial charge in [-0.3, -0.25) is 9.17 Å². The molecule has 6 heteroatoms. The van der Waals surface area contributed by atoms with E-state index in [-0.39, 0.29) is 17.8 Å². The van der Waals surface area contributed by atoms with E-state index in [9.17, 15) is 12.8 Å². The molecule has 1 heterocycles. The minimum atomic E-state index is -3.41. The lowest BCUT2D eigenvalue weighted by atomic mass is 9.81. The van der Waals surface area contributed by atoms with Gasteiger partial charge in [-0.05, 0) is 61.4 Å². The summed E-state index contributed by atoms with van der Waals surface area (Å²) < 4.78 is 41.0. The van der Waals surface area contributed by atoms with Gasteiger partial charge < -0.3 is 0 Å². The molecule has 0 radical (unpaired) electrons. The summed E-state index contributed by atoms with van der Waals surface area (Å²) in [7, 11) is -3.41. The maximum atomic E-state index is 13.5. The lowest BCUT2D eigenvalue weighted by Crippen LogP contribution is -2.23. The van der Waals surface area contributed by atoms with Gasteiger partial charge in [0.2, 0.25) is 0 Å². The number of hydrogen-bond donors (Lipinski definition) is 0. The van der Waals surface area contributed by atoms with Crippen LogP contribution in [-0.2, 0) is 14.3 Å². The SMILES string of the molecule is CS(=O)(=O)OC1CCC(c2ccnc3ccc(F)cc23)CC1. The third kappa shape index (κ3) is 3.44. The Morgan fingerprint density at radius 1 is 1.18 bits per heavy atom. The number of hydrogen-bond acceptors (Lipinski definition) is 4. The number of benzene rings is 1. The number of nitrogens with zero attached hydrogens (tertiary/aromatic N) is 1. The van der Waals surface area contributed by atoms with Crippen molar-refractivity contribution in [2.24, 2.45) is 0 Å². The first-order valence-corrected chi connectivity index (χ1v) is 9.16. The van der Waals surface area contributed by atoms with E-state index in [0.717, 1.165) is 35.6 Å². The first-order chi connectivity index (χ1) is 10.4. The van der Waals surface area contributed by atoms with Gasteiger partial charge >= 0.3 is 0 Å². The van der Waals surface area contributed by atoms with Gasteiger partial charge in [0.05, 0.1) is 17.9 Å². The van der Waals surface area contributed by atoms with Crippen LogP contribution in [0.4, 0.5) is 4.39 Å². The highest BCUT2D eigenvalue weighted by molar-refractivity contribution is 7.86. The fourth-order valence-electron chi connectivity index (χ4n) is 3.21. The molecule has 0 spiro atoms. The summed E-state index contributed by atoms with van der Waals surface area (Å²) in [6.45, 7) is 0. The minimum Gasteiger partial charge on any atom is -0.267 e. The van der Waals surface area contributed by atoms with Crippen LogP contribution in [-0.4, -0.2) is 25.8 Å². The largest absolute Gasteiger partial charge is 0.267 e. The molecule has 1 aliphatic rings. The molecule has 0 aliphatic heterocycles. The number of pyridine rings is 1. The Kier molecular flexibility index (Phi) is 4.14. The Hall–Kier alpha value is -1.53. The van der Waals surface area contributed by atoms with E-state index in [1.54, 1.807) is 12.3 Å². The van der Waals surface area contributed by atoms with Crippen LogP contribution < -0.4 is 0 Å². The van der Waals surface area contributed by atoms with Gasteiger partial charge in [-0.2, -0.15) is 8.42 Å². The van der Waals surface area contributed by atoms with Crippen molar-refractivity contribution < 1.29 is 17.0 Å². The van der Waals surface area contributed by atoms with Crippen LogP contribution in [0.1, 0.15) is 37.2 Å². The summed E-state index contributed by atoms with van der Waals surface area (Å²) in [5.41, 5.74) is 1.87. The van der Waals surface area contributed by atoms with Gasteiger partial charge in [-0.25, -0.2) is 4.39 Å². The lowest BCUT2D eigenvalue weighted by molar-refractivity contribution is 0.155. The predicted molar refractivity (Wildman–Crippen MR) is 82.6 cm³/mol. The molecule has 118 valence electrons. The molecule has 0 unspecified atom stereocenters. The van der Waals surface area contributed by atoms with Gasteiger partial charge in [-0.15, -0.1) is 0 Å². The monoisotopic (exact) mass is 323 g/mol. The predicted octanol–water partition coefficient (Wildman–Crippen LogP) is 3.38. The maximum absolute atomic E-state index is 13.5. The van der Waals surface area contributed by atoms with Crippen molar-refractivity contribution in [1.82, 2.24) is 4.98 Å². The summed E-state index contributed by atoms with van der Waals surface area (Å²) in [4.78, 5) is 4.27. The van der Waals surface area contributed by atoms with Crippen molar-refractivity contribution in [3.8, 4) is 0 Å². The molecule has 3 rings (SSSR count). The topological polar surface area (TPSA) is 56.3 Å². The van der Waals surface area contributed by atoms with Crippen LogP contribution in [0.2, 0.25) is 0 Å². The molecule has 4 nitrogen and oxygen atoms in total. The van der Waals surface area contributed by atoms with Crippen molar-refractivity contribution >= 4 is 21.0 Å².